The van der Waals surface area contributed by atoms with Crippen LogP contribution in [-0.4, -0.2) is 28.7 Å². The minimum absolute atomic E-state index is 0.00472. The molecule has 20 heavy (non-hydrogen) atoms. The fraction of sp³-hybridized carbons (Fsp3) is 0.154. The molecule has 7 nitrogen and oxygen atoms in total. The van der Waals surface area contributed by atoms with Crippen LogP contribution in [0.2, 0.25) is 0 Å². The first-order chi connectivity index (χ1) is 9.59. The second-order valence-electron chi connectivity index (χ2n) is 4.04. The number of rotatable bonds is 5. The Balaban J connectivity index is 2.32. The lowest BCUT2D eigenvalue weighted by atomic mass is 10.2. The van der Waals surface area contributed by atoms with Crippen molar-refractivity contribution in [3.8, 4) is 0 Å². The fourth-order valence-corrected chi connectivity index (χ4v) is 1.73. The SMILES string of the molecule is Nc1ccccc1N(CCC(=O)O)C(=O)c1ccon1. The summed E-state index contributed by atoms with van der Waals surface area (Å²) < 4.78 is 4.63. The number of carbonyl (C=O) groups excluding carboxylic acids is 1. The van der Waals surface area contributed by atoms with Crippen LogP contribution in [0, 0.1) is 0 Å². The quantitative estimate of drug-likeness (QED) is 0.798. The lowest BCUT2D eigenvalue weighted by Crippen LogP contribution is -2.33. The first-order valence-electron chi connectivity index (χ1n) is 5.88. The molecule has 104 valence electrons. The Kier molecular flexibility index (Phi) is 3.99. The number of aromatic nitrogens is 1. The van der Waals surface area contributed by atoms with E-state index < -0.39 is 11.9 Å². The summed E-state index contributed by atoms with van der Waals surface area (Å²) in [5.74, 6) is -1.46. The first-order valence-corrected chi connectivity index (χ1v) is 5.88. The summed E-state index contributed by atoms with van der Waals surface area (Å²) in [7, 11) is 0. The first kappa shape index (κ1) is 13.6. The van der Waals surface area contributed by atoms with E-state index in [2.05, 4.69) is 9.68 Å². The lowest BCUT2D eigenvalue weighted by molar-refractivity contribution is -0.136. The number of aliphatic carboxylic acids is 1. The molecule has 0 aliphatic rings. The van der Waals surface area contributed by atoms with Gasteiger partial charge in [-0.2, -0.15) is 0 Å². The van der Waals surface area contributed by atoms with Crippen molar-refractivity contribution in [1.29, 1.82) is 0 Å². The second kappa shape index (κ2) is 5.87. The van der Waals surface area contributed by atoms with E-state index in [4.69, 9.17) is 10.8 Å². The average molecular weight is 275 g/mol. The number of carboxylic acids is 1. The van der Waals surface area contributed by atoms with E-state index in [-0.39, 0.29) is 18.7 Å². The molecule has 0 saturated carbocycles. The molecule has 0 aliphatic heterocycles. The Hall–Kier alpha value is -2.83. The standard InChI is InChI=1S/C13H13N3O4/c14-9-3-1-2-4-11(9)16(7-5-12(17)18)13(19)10-6-8-20-15-10/h1-4,6,8H,5,7,14H2,(H,17,18). The topological polar surface area (TPSA) is 110 Å². The molecule has 3 N–H and O–H groups in total. The summed E-state index contributed by atoms with van der Waals surface area (Å²) in [5, 5.41) is 12.4. The second-order valence-corrected chi connectivity index (χ2v) is 4.04. The summed E-state index contributed by atoms with van der Waals surface area (Å²) in [6.07, 6.45) is 1.08. The molecule has 0 aliphatic carbocycles. The van der Waals surface area contributed by atoms with Crippen LogP contribution in [0.4, 0.5) is 11.4 Å². The summed E-state index contributed by atoms with van der Waals surface area (Å²) in [5.41, 5.74) is 6.76. The van der Waals surface area contributed by atoms with Gasteiger partial charge in [0.1, 0.15) is 6.26 Å². The molecule has 1 aromatic carbocycles. The molecule has 1 heterocycles. The average Bonchev–Trinajstić information content (AvgIpc) is 2.94. The van der Waals surface area contributed by atoms with Gasteiger partial charge in [0.15, 0.2) is 5.69 Å². The monoisotopic (exact) mass is 275 g/mol. The molecular weight excluding hydrogens is 262 g/mol. The van der Waals surface area contributed by atoms with Crippen molar-refractivity contribution in [3.05, 3.63) is 42.3 Å². The van der Waals surface area contributed by atoms with Crippen molar-refractivity contribution >= 4 is 23.3 Å². The highest BCUT2D eigenvalue weighted by Gasteiger charge is 2.22. The number of nitrogens with two attached hydrogens (primary N) is 1. The molecule has 0 radical (unpaired) electrons. The van der Waals surface area contributed by atoms with Gasteiger partial charge in [-0.25, -0.2) is 0 Å². The Morgan fingerprint density at radius 1 is 1.30 bits per heavy atom. The van der Waals surface area contributed by atoms with Crippen molar-refractivity contribution < 1.29 is 19.2 Å². The molecule has 0 spiro atoms. The molecule has 2 rings (SSSR count). The van der Waals surface area contributed by atoms with E-state index in [0.717, 1.165) is 0 Å². The molecule has 0 bridgehead atoms. The van der Waals surface area contributed by atoms with Crippen LogP contribution in [-0.2, 0) is 4.79 Å². The van der Waals surface area contributed by atoms with Crippen molar-refractivity contribution in [1.82, 2.24) is 5.16 Å². The van der Waals surface area contributed by atoms with Gasteiger partial charge in [0.05, 0.1) is 17.8 Å². The lowest BCUT2D eigenvalue weighted by Gasteiger charge is -2.22. The number of carbonyl (C=O) groups is 2. The van der Waals surface area contributed by atoms with E-state index in [0.29, 0.717) is 11.4 Å². The zero-order valence-corrected chi connectivity index (χ0v) is 10.5. The molecule has 2 aromatic rings. The molecule has 0 atom stereocenters. The Morgan fingerprint density at radius 3 is 2.65 bits per heavy atom. The highest BCUT2D eigenvalue weighted by atomic mass is 16.5. The highest BCUT2D eigenvalue weighted by Crippen LogP contribution is 2.24. The third-order valence-corrected chi connectivity index (χ3v) is 2.68. The normalized spacial score (nSPS) is 10.2. The van der Waals surface area contributed by atoms with Crippen LogP contribution < -0.4 is 10.6 Å². The molecule has 0 fully saturated rings. The molecule has 0 saturated heterocycles. The minimum atomic E-state index is -1.00. The number of nitrogens with zero attached hydrogens (tertiary/aromatic N) is 2. The van der Waals surface area contributed by atoms with Gasteiger partial charge in [0, 0.05) is 12.6 Å². The van der Waals surface area contributed by atoms with Crippen LogP contribution in [0.3, 0.4) is 0 Å². The van der Waals surface area contributed by atoms with E-state index >= 15 is 0 Å². The number of hydrogen-bond acceptors (Lipinski definition) is 5. The van der Waals surface area contributed by atoms with Crippen molar-refractivity contribution in [2.24, 2.45) is 0 Å². The zero-order chi connectivity index (χ0) is 14.5. The van der Waals surface area contributed by atoms with Gasteiger partial charge in [-0.1, -0.05) is 17.3 Å². The predicted molar refractivity (Wildman–Crippen MR) is 71.3 cm³/mol. The van der Waals surface area contributed by atoms with Gasteiger partial charge in [-0.05, 0) is 12.1 Å². The fourth-order valence-electron chi connectivity index (χ4n) is 1.73. The van der Waals surface area contributed by atoms with Crippen LogP contribution >= 0.6 is 0 Å². The summed E-state index contributed by atoms with van der Waals surface area (Å²) in [6.45, 7) is -0.00472. The Morgan fingerprint density at radius 2 is 2.05 bits per heavy atom. The maximum atomic E-state index is 12.3. The molecular formula is C13H13N3O4. The van der Waals surface area contributed by atoms with Crippen LogP contribution in [0.1, 0.15) is 16.9 Å². The third kappa shape index (κ3) is 2.94. The maximum Gasteiger partial charge on any atom is 0.305 e. The zero-order valence-electron chi connectivity index (χ0n) is 10.5. The number of nitrogen functional groups attached to an aromatic ring is 1. The van der Waals surface area contributed by atoms with E-state index in [1.54, 1.807) is 24.3 Å². The highest BCUT2D eigenvalue weighted by molar-refractivity contribution is 6.06. The summed E-state index contributed by atoms with van der Waals surface area (Å²) in [4.78, 5) is 24.3. The van der Waals surface area contributed by atoms with Gasteiger partial charge >= 0.3 is 5.97 Å². The summed E-state index contributed by atoms with van der Waals surface area (Å²) >= 11 is 0. The van der Waals surface area contributed by atoms with E-state index in [9.17, 15) is 9.59 Å². The molecule has 1 aromatic heterocycles. The molecule has 1 amide bonds. The predicted octanol–water partition coefficient (Wildman–Crippen LogP) is 1.38. The summed E-state index contributed by atoms with van der Waals surface area (Å²) in [6, 6.07) is 8.15. The van der Waals surface area contributed by atoms with Gasteiger partial charge in [-0.15, -0.1) is 0 Å². The smallest absolute Gasteiger partial charge is 0.305 e. The number of para-hydroxylation sites is 2. The number of carboxylic acid groups (broad SMARTS) is 1. The van der Waals surface area contributed by atoms with Crippen molar-refractivity contribution in [2.45, 2.75) is 6.42 Å². The molecule has 7 heteroatoms. The van der Waals surface area contributed by atoms with Crippen LogP contribution in [0.5, 0.6) is 0 Å². The van der Waals surface area contributed by atoms with E-state index in [1.807, 2.05) is 0 Å². The van der Waals surface area contributed by atoms with Crippen molar-refractivity contribution in [2.75, 3.05) is 17.2 Å². The number of hydrogen-bond donors (Lipinski definition) is 2. The van der Waals surface area contributed by atoms with Gasteiger partial charge in [0.25, 0.3) is 5.91 Å². The van der Waals surface area contributed by atoms with Crippen LogP contribution in [0.25, 0.3) is 0 Å². The Bertz CT molecular complexity index is 610. The minimum Gasteiger partial charge on any atom is -0.481 e. The van der Waals surface area contributed by atoms with Gasteiger partial charge < -0.3 is 20.3 Å². The molecule has 0 unspecified atom stereocenters. The third-order valence-electron chi connectivity index (χ3n) is 2.68. The number of amides is 1. The van der Waals surface area contributed by atoms with Gasteiger partial charge in [-0.3, -0.25) is 9.59 Å². The Labute approximate surface area is 114 Å². The number of anilines is 2. The number of benzene rings is 1. The van der Waals surface area contributed by atoms with Crippen LogP contribution in [0.15, 0.2) is 41.1 Å². The maximum absolute atomic E-state index is 12.3. The van der Waals surface area contributed by atoms with Crippen molar-refractivity contribution in [3.63, 3.8) is 0 Å². The van der Waals surface area contributed by atoms with E-state index in [1.165, 1.54) is 17.2 Å². The largest absolute Gasteiger partial charge is 0.481 e. The van der Waals surface area contributed by atoms with Gasteiger partial charge in [0.2, 0.25) is 0 Å².